The van der Waals surface area contributed by atoms with E-state index in [-0.39, 0.29) is 5.91 Å². The Balaban J connectivity index is 2.05. The van der Waals surface area contributed by atoms with Crippen molar-refractivity contribution in [1.82, 2.24) is 10.2 Å². The van der Waals surface area contributed by atoms with Crippen LogP contribution in [0.2, 0.25) is 0 Å². The lowest BCUT2D eigenvalue weighted by atomic mass is 10.1. The quantitative estimate of drug-likeness (QED) is 0.677. The minimum Gasteiger partial charge on any atom is -0.496 e. The molecular formula is C22H30N2O4. The van der Waals surface area contributed by atoms with E-state index in [0.29, 0.717) is 29.4 Å². The van der Waals surface area contributed by atoms with Gasteiger partial charge in [0.25, 0.3) is 5.91 Å². The number of amides is 1. The van der Waals surface area contributed by atoms with Gasteiger partial charge in [0.05, 0.1) is 26.9 Å². The van der Waals surface area contributed by atoms with Crippen molar-refractivity contribution in [2.75, 3.05) is 34.4 Å². The maximum absolute atomic E-state index is 12.7. The van der Waals surface area contributed by atoms with E-state index in [2.05, 4.69) is 36.2 Å². The third kappa shape index (κ3) is 5.39. The van der Waals surface area contributed by atoms with Crippen LogP contribution in [0.15, 0.2) is 36.4 Å². The van der Waals surface area contributed by atoms with Gasteiger partial charge in [-0.3, -0.25) is 9.69 Å². The van der Waals surface area contributed by atoms with Crippen molar-refractivity contribution in [2.45, 2.75) is 26.9 Å². The van der Waals surface area contributed by atoms with E-state index in [1.165, 1.54) is 19.8 Å². The first-order valence-electron chi connectivity index (χ1n) is 9.44. The Hall–Kier alpha value is -2.73. The summed E-state index contributed by atoms with van der Waals surface area (Å²) in [5.74, 6) is 1.20. The second-order valence-corrected chi connectivity index (χ2v) is 6.37. The monoisotopic (exact) mass is 386 g/mol. The molecule has 28 heavy (non-hydrogen) atoms. The summed E-state index contributed by atoms with van der Waals surface area (Å²) in [6.07, 6.45) is 0. The molecule has 0 atom stereocenters. The molecule has 0 aromatic heterocycles. The van der Waals surface area contributed by atoms with E-state index in [4.69, 9.17) is 14.2 Å². The van der Waals surface area contributed by atoms with E-state index in [1.807, 2.05) is 12.1 Å². The summed E-state index contributed by atoms with van der Waals surface area (Å²) in [6.45, 7) is 7.75. The number of carbonyl (C=O) groups excluding carboxylic acids is 1. The van der Waals surface area contributed by atoms with E-state index in [0.717, 1.165) is 25.2 Å². The molecule has 0 unspecified atom stereocenters. The third-order valence-corrected chi connectivity index (χ3v) is 4.73. The lowest BCUT2D eigenvalue weighted by molar-refractivity contribution is 0.0947. The molecule has 2 rings (SSSR count). The highest BCUT2D eigenvalue weighted by atomic mass is 16.5. The molecule has 0 heterocycles. The average molecular weight is 386 g/mol. The van der Waals surface area contributed by atoms with Crippen LogP contribution >= 0.6 is 0 Å². The highest BCUT2D eigenvalue weighted by Crippen LogP contribution is 2.34. The Bertz CT molecular complexity index is 771. The molecule has 0 aliphatic rings. The molecule has 0 spiro atoms. The van der Waals surface area contributed by atoms with Crippen molar-refractivity contribution in [2.24, 2.45) is 0 Å². The van der Waals surface area contributed by atoms with Crippen molar-refractivity contribution in [3.05, 3.63) is 53.1 Å². The first kappa shape index (κ1) is 21.6. The van der Waals surface area contributed by atoms with Gasteiger partial charge >= 0.3 is 0 Å². The van der Waals surface area contributed by atoms with Crippen LogP contribution in [0.1, 0.15) is 35.3 Å². The van der Waals surface area contributed by atoms with Gasteiger partial charge in [0.2, 0.25) is 0 Å². The van der Waals surface area contributed by atoms with Gasteiger partial charge < -0.3 is 19.5 Å². The number of rotatable bonds is 10. The fourth-order valence-electron chi connectivity index (χ4n) is 2.95. The molecule has 0 aliphatic carbocycles. The summed E-state index contributed by atoms with van der Waals surface area (Å²) in [7, 11) is 4.60. The Morgan fingerprint density at radius 1 is 0.857 bits per heavy atom. The predicted octanol–water partition coefficient (Wildman–Crippen LogP) is 3.48. The third-order valence-electron chi connectivity index (χ3n) is 4.73. The summed E-state index contributed by atoms with van der Waals surface area (Å²) >= 11 is 0. The molecule has 1 N–H and O–H groups in total. The van der Waals surface area contributed by atoms with Crippen LogP contribution < -0.4 is 19.5 Å². The van der Waals surface area contributed by atoms with Gasteiger partial charge in [-0.1, -0.05) is 38.1 Å². The number of benzene rings is 2. The number of methoxy groups -OCH3 is 3. The normalized spacial score (nSPS) is 10.6. The van der Waals surface area contributed by atoms with Crippen molar-refractivity contribution in [3.63, 3.8) is 0 Å². The van der Waals surface area contributed by atoms with E-state index in [9.17, 15) is 4.79 Å². The largest absolute Gasteiger partial charge is 0.496 e. The zero-order chi connectivity index (χ0) is 20.5. The van der Waals surface area contributed by atoms with Gasteiger partial charge in [0.1, 0.15) is 5.75 Å². The average Bonchev–Trinajstić information content (AvgIpc) is 2.75. The highest BCUT2D eigenvalue weighted by Gasteiger charge is 2.17. The summed E-state index contributed by atoms with van der Waals surface area (Å²) < 4.78 is 15.9. The predicted molar refractivity (Wildman–Crippen MR) is 110 cm³/mol. The molecule has 0 radical (unpaired) electrons. The van der Waals surface area contributed by atoms with Gasteiger partial charge in [-0.05, 0) is 24.2 Å². The summed E-state index contributed by atoms with van der Waals surface area (Å²) in [5.41, 5.74) is 2.70. The van der Waals surface area contributed by atoms with Gasteiger partial charge in [-0.15, -0.1) is 0 Å². The van der Waals surface area contributed by atoms with E-state index in [1.54, 1.807) is 19.2 Å². The topological polar surface area (TPSA) is 60.0 Å². The van der Waals surface area contributed by atoms with Gasteiger partial charge in [0, 0.05) is 25.2 Å². The number of ether oxygens (including phenoxy) is 3. The maximum Gasteiger partial charge on any atom is 0.255 e. The fraction of sp³-hybridized carbons (Fsp3) is 0.409. The smallest absolute Gasteiger partial charge is 0.255 e. The SMILES string of the molecule is CCN(CC)Cc1ccc(CNC(=O)c2cc(OC)c(OC)cc2OC)cc1. The molecular weight excluding hydrogens is 356 g/mol. The molecule has 152 valence electrons. The van der Waals surface area contributed by atoms with Crippen LogP contribution in [0.4, 0.5) is 0 Å². The first-order valence-corrected chi connectivity index (χ1v) is 9.44. The number of hydrogen-bond donors (Lipinski definition) is 1. The lowest BCUT2D eigenvalue weighted by Crippen LogP contribution is -2.24. The molecule has 6 nitrogen and oxygen atoms in total. The molecule has 1 amide bonds. The molecule has 0 saturated carbocycles. The number of nitrogens with one attached hydrogen (secondary N) is 1. The minimum absolute atomic E-state index is 0.231. The van der Waals surface area contributed by atoms with Gasteiger partial charge in [0.15, 0.2) is 11.5 Å². The van der Waals surface area contributed by atoms with Crippen LogP contribution in [-0.4, -0.2) is 45.2 Å². The minimum atomic E-state index is -0.231. The van der Waals surface area contributed by atoms with Crippen molar-refractivity contribution in [1.29, 1.82) is 0 Å². The van der Waals surface area contributed by atoms with E-state index < -0.39 is 0 Å². The zero-order valence-corrected chi connectivity index (χ0v) is 17.4. The van der Waals surface area contributed by atoms with Gasteiger partial charge in [-0.2, -0.15) is 0 Å². The Kier molecular flexibility index (Phi) is 8.14. The second-order valence-electron chi connectivity index (χ2n) is 6.37. The van der Waals surface area contributed by atoms with Crippen LogP contribution in [0, 0.1) is 0 Å². The molecule has 2 aromatic carbocycles. The molecule has 6 heteroatoms. The zero-order valence-electron chi connectivity index (χ0n) is 17.4. The van der Waals surface area contributed by atoms with Gasteiger partial charge in [-0.25, -0.2) is 0 Å². The number of carbonyl (C=O) groups is 1. The van der Waals surface area contributed by atoms with Crippen molar-refractivity contribution >= 4 is 5.91 Å². The standard InChI is InChI=1S/C22H30N2O4/c1-6-24(7-2)15-17-10-8-16(9-11-17)14-23-22(25)18-12-20(27-4)21(28-5)13-19(18)26-3/h8-13H,6-7,14-15H2,1-5H3,(H,23,25). The molecule has 0 bridgehead atoms. The fourth-order valence-corrected chi connectivity index (χ4v) is 2.95. The highest BCUT2D eigenvalue weighted by molar-refractivity contribution is 5.97. The summed E-state index contributed by atoms with van der Waals surface area (Å²) in [4.78, 5) is 15.0. The van der Waals surface area contributed by atoms with Crippen molar-refractivity contribution < 1.29 is 19.0 Å². The van der Waals surface area contributed by atoms with Crippen molar-refractivity contribution in [3.8, 4) is 17.2 Å². The molecule has 0 aliphatic heterocycles. The van der Waals surface area contributed by atoms with E-state index >= 15 is 0 Å². The van der Waals surface area contributed by atoms with Crippen LogP contribution in [-0.2, 0) is 13.1 Å². The Labute approximate surface area is 167 Å². The second kappa shape index (κ2) is 10.6. The Morgan fingerprint density at radius 3 is 1.93 bits per heavy atom. The maximum atomic E-state index is 12.7. The van der Waals surface area contributed by atoms with Crippen LogP contribution in [0.5, 0.6) is 17.2 Å². The summed E-state index contributed by atoms with van der Waals surface area (Å²) in [5, 5.41) is 2.94. The first-order chi connectivity index (χ1) is 13.6. The molecule has 2 aromatic rings. The number of nitrogens with zero attached hydrogens (tertiary/aromatic N) is 1. The van der Waals surface area contributed by atoms with Crippen LogP contribution in [0.25, 0.3) is 0 Å². The molecule has 0 fully saturated rings. The van der Waals surface area contributed by atoms with Crippen LogP contribution in [0.3, 0.4) is 0 Å². The molecule has 0 saturated heterocycles. The number of hydrogen-bond acceptors (Lipinski definition) is 5. The Morgan fingerprint density at radius 2 is 1.39 bits per heavy atom. The summed E-state index contributed by atoms with van der Waals surface area (Å²) in [6, 6.07) is 11.6. The lowest BCUT2D eigenvalue weighted by Gasteiger charge is -2.18.